The van der Waals surface area contributed by atoms with Crippen molar-refractivity contribution in [2.24, 2.45) is 0 Å². The minimum atomic E-state index is -0.222. The van der Waals surface area contributed by atoms with Crippen LogP contribution in [0.15, 0.2) is 54.6 Å². The maximum absolute atomic E-state index is 12.0. The van der Waals surface area contributed by atoms with Crippen LogP contribution in [-0.4, -0.2) is 37.6 Å². The van der Waals surface area contributed by atoms with Gasteiger partial charge >= 0.3 is 5.97 Å². The molecule has 3 heteroatoms. The zero-order chi connectivity index (χ0) is 18.4. The van der Waals surface area contributed by atoms with Crippen LogP contribution in [0.3, 0.4) is 0 Å². The molecule has 0 aliphatic carbocycles. The van der Waals surface area contributed by atoms with Gasteiger partial charge in [0.2, 0.25) is 0 Å². The minimum absolute atomic E-state index is 0.222. The summed E-state index contributed by atoms with van der Waals surface area (Å²) < 4.78 is 4.95. The summed E-state index contributed by atoms with van der Waals surface area (Å²) in [7, 11) is 1.45. The average Bonchev–Trinajstić information content (AvgIpc) is 2.72. The molecule has 1 unspecified atom stereocenters. The fraction of sp³-hybridized carbons (Fsp3) is 0.435. The summed E-state index contributed by atoms with van der Waals surface area (Å²) in [6, 6.07) is 18.7. The number of ether oxygens (including phenoxy) is 1. The second-order valence-corrected chi connectivity index (χ2v) is 7.30. The first-order valence-electron chi connectivity index (χ1n) is 9.63. The van der Waals surface area contributed by atoms with E-state index in [9.17, 15) is 4.79 Å². The molecule has 1 aliphatic rings. The predicted octanol–water partition coefficient (Wildman–Crippen LogP) is 4.85. The van der Waals surface area contributed by atoms with E-state index in [1.54, 1.807) is 0 Å². The number of piperidine rings is 1. The molecular formula is C23H29NO2. The predicted molar refractivity (Wildman–Crippen MR) is 106 cm³/mol. The molecule has 1 saturated heterocycles. The Morgan fingerprint density at radius 3 is 2.42 bits per heavy atom. The lowest BCUT2D eigenvalue weighted by atomic mass is 9.86. The van der Waals surface area contributed by atoms with E-state index in [0.29, 0.717) is 11.8 Å². The molecule has 26 heavy (non-hydrogen) atoms. The molecule has 0 N–H and O–H groups in total. The molecule has 0 spiro atoms. The van der Waals surface area contributed by atoms with Crippen molar-refractivity contribution in [1.29, 1.82) is 0 Å². The SMILES string of the molecule is COC(=O)c1ccccc1C1CCN(CCC(C)c2ccccc2)CC1. The first kappa shape index (κ1) is 18.7. The molecule has 2 aromatic carbocycles. The maximum Gasteiger partial charge on any atom is 0.338 e. The highest BCUT2D eigenvalue weighted by Gasteiger charge is 2.24. The topological polar surface area (TPSA) is 29.5 Å². The summed E-state index contributed by atoms with van der Waals surface area (Å²) in [6.07, 6.45) is 3.40. The Balaban J connectivity index is 1.53. The number of nitrogens with zero attached hydrogens (tertiary/aromatic N) is 1. The molecular weight excluding hydrogens is 322 g/mol. The van der Waals surface area contributed by atoms with Crippen molar-refractivity contribution in [1.82, 2.24) is 4.90 Å². The number of carbonyl (C=O) groups excluding carboxylic acids is 1. The first-order valence-corrected chi connectivity index (χ1v) is 9.63. The van der Waals surface area contributed by atoms with Crippen LogP contribution in [0.1, 0.15) is 59.5 Å². The third-order valence-corrected chi connectivity index (χ3v) is 5.64. The first-order chi connectivity index (χ1) is 12.7. The van der Waals surface area contributed by atoms with Gasteiger partial charge in [0.15, 0.2) is 0 Å². The van der Waals surface area contributed by atoms with E-state index in [4.69, 9.17) is 4.74 Å². The van der Waals surface area contributed by atoms with E-state index < -0.39 is 0 Å². The summed E-state index contributed by atoms with van der Waals surface area (Å²) in [4.78, 5) is 14.6. The maximum atomic E-state index is 12.0. The number of methoxy groups -OCH3 is 1. The van der Waals surface area contributed by atoms with Crippen LogP contribution < -0.4 is 0 Å². The van der Waals surface area contributed by atoms with Crippen LogP contribution in [-0.2, 0) is 4.74 Å². The van der Waals surface area contributed by atoms with Crippen LogP contribution in [0, 0.1) is 0 Å². The molecule has 1 heterocycles. The minimum Gasteiger partial charge on any atom is -0.465 e. The zero-order valence-electron chi connectivity index (χ0n) is 15.9. The third-order valence-electron chi connectivity index (χ3n) is 5.64. The monoisotopic (exact) mass is 351 g/mol. The molecule has 0 saturated carbocycles. The summed E-state index contributed by atoms with van der Waals surface area (Å²) in [6.45, 7) is 5.65. The van der Waals surface area contributed by atoms with Crippen LogP contribution >= 0.6 is 0 Å². The molecule has 3 rings (SSSR count). The Bertz CT molecular complexity index is 705. The smallest absolute Gasteiger partial charge is 0.338 e. The number of rotatable bonds is 6. The van der Waals surface area contributed by atoms with Gasteiger partial charge in [-0.05, 0) is 67.9 Å². The lowest BCUT2D eigenvalue weighted by Gasteiger charge is -2.33. The van der Waals surface area contributed by atoms with Crippen LogP contribution in [0.2, 0.25) is 0 Å². The zero-order valence-corrected chi connectivity index (χ0v) is 15.9. The highest BCUT2D eigenvalue weighted by atomic mass is 16.5. The van der Waals surface area contributed by atoms with Gasteiger partial charge in [-0.25, -0.2) is 4.79 Å². The molecule has 0 aromatic heterocycles. The second kappa shape index (κ2) is 9.00. The fourth-order valence-electron chi connectivity index (χ4n) is 3.94. The Morgan fingerprint density at radius 2 is 1.73 bits per heavy atom. The lowest BCUT2D eigenvalue weighted by molar-refractivity contribution is 0.0598. The van der Waals surface area contributed by atoms with Crippen LogP contribution in [0.4, 0.5) is 0 Å². The van der Waals surface area contributed by atoms with Crippen LogP contribution in [0.25, 0.3) is 0 Å². The summed E-state index contributed by atoms with van der Waals surface area (Å²) in [5.74, 6) is 0.821. The van der Waals surface area contributed by atoms with Gasteiger partial charge < -0.3 is 9.64 Å². The Morgan fingerprint density at radius 1 is 1.08 bits per heavy atom. The van der Waals surface area contributed by atoms with Gasteiger partial charge in [0.05, 0.1) is 12.7 Å². The highest BCUT2D eigenvalue weighted by Crippen LogP contribution is 2.31. The van der Waals surface area contributed by atoms with Crippen molar-refractivity contribution in [3.8, 4) is 0 Å². The standard InChI is InChI=1S/C23H29NO2/c1-18(19-8-4-3-5-9-19)12-15-24-16-13-20(14-17-24)21-10-6-7-11-22(21)23(25)26-2/h3-11,18,20H,12-17H2,1-2H3. The molecule has 1 fully saturated rings. The molecule has 1 atom stereocenters. The Hall–Kier alpha value is -2.13. The van der Waals surface area contributed by atoms with E-state index in [-0.39, 0.29) is 5.97 Å². The number of benzene rings is 2. The van der Waals surface area contributed by atoms with Crippen molar-refractivity contribution in [3.63, 3.8) is 0 Å². The largest absolute Gasteiger partial charge is 0.465 e. The summed E-state index contributed by atoms with van der Waals surface area (Å²) >= 11 is 0. The number of hydrogen-bond acceptors (Lipinski definition) is 3. The normalized spacial score (nSPS) is 17.0. The quantitative estimate of drug-likeness (QED) is 0.697. The third kappa shape index (κ3) is 4.53. The summed E-state index contributed by atoms with van der Waals surface area (Å²) in [5.41, 5.74) is 3.30. The van der Waals surface area contributed by atoms with E-state index in [1.165, 1.54) is 19.1 Å². The van der Waals surface area contributed by atoms with Gasteiger partial charge in [0.1, 0.15) is 0 Å². The molecule has 0 radical (unpaired) electrons. The molecule has 3 nitrogen and oxygen atoms in total. The van der Waals surface area contributed by atoms with E-state index >= 15 is 0 Å². The molecule has 1 aliphatic heterocycles. The van der Waals surface area contributed by atoms with E-state index in [1.807, 2.05) is 18.2 Å². The van der Waals surface area contributed by atoms with Crippen molar-refractivity contribution >= 4 is 5.97 Å². The molecule has 138 valence electrons. The van der Waals surface area contributed by atoms with Gasteiger partial charge in [0, 0.05) is 0 Å². The van der Waals surface area contributed by atoms with Gasteiger partial charge in [-0.3, -0.25) is 0 Å². The number of carbonyl (C=O) groups is 1. The number of likely N-dealkylation sites (tertiary alicyclic amines) is 1. The van der Waals surface area contributed by atoms with Crippen molar-refractivity contribution in [3.05, 3.63) is 71.3 Å². The second-order valence-electron chi connectivity index (χ2n) is 7.30. The van der Waals surface area contributed by atoms with Gasteiger partial charge in [-0.2, -0.15) is 0 Å². The van der Waals surface area contributed by atoms with Gasteiger partial charge in [0.25, 0.3) is 0 Å². The number of hydrogen-bond donors (Lipinski definition) is 0. The van der Waals surface area contributed by atoms with Gasteiger partial charge in [-0.1, -0.05) is 55.5 Å². The molecule has 0 bridgehead atoms. The fourth-order valence-corrected chi connectivity index (χ4v) is 3.94. The Labute approximate surface area is 157 Å². The van der Waals surface area contributed by atoms with Crippen molar-refractivity contribution in [2.75, 3.05) is 26.7 Å². The van der Waals surface area contributed by atoms with Crippen molar-refractivity contribution in [2.45, 2.75) is 38.0 Å². The average molecular weight is 351 g/mol. The summed E-state index contributed by atoms with van der Waals surface area (Å²) in [5, 5.41) is 0. The number of esters is 1. The van der Waals surface area contributed by atoms with E-state index in [2.05, 4.69) is 48.2 Å². The Kier molecular flexibility index (Phi) is 6.45. The molecule has 2 aromatic rings. The highest BCUT2D eigenvalue weighted by molar-refractivity contribution is 5.91. The van der Waals surface area contributed by atoms with Crippen molar-refractivity contribution < 1.29 is 9.53 Å². The van der Waals surface area contributed by atoms with Crippen LogP contribution in [0.5, 0.6) is 0 Å². The molecule has 0 amide bonds. The van der Waals surface area contributed by atoms with Gasteiger partial charge in [-0.15, -0.1) is 0 Å². The van der Waals surface area contributed by atoms with E-state index in [0.717, 1.165) is 43.6 Å². The lowest BCUT2D eigenvalue weighted by Crippen LogP contribution is -2.34.